The Labute approximate surface area is 299 Å². The van der Waals surface area contributed by atoms with Crippen LogP contribution in [-0.2, 0) is 0 Å². The Morgan fingerprint density at radius 2 is 0.868 bits per heavy atom. The van der Waals surface area contributed by atoms with Crippen molar-refractivity contribution in [1.82, 2.24) is 40.4 Å². The fraction of sp³-hybridized carbons (Fsp3) is 0.0250. The molecule has 8 aromatic rings. The quantitative estimate of drug-likeness (QED) is 0.115. The summed E-state index contributed by atoms with van der Waals surface area (Å²) in [6, 6.07) is 40.3. The largest absolute Gasteiger partial charge is 0.298 e. The minimum atomic E-state index is -2.63. The number of nitrogens with zero attached hydrogens (tertiary/aromatic N) is 8. The third-order valence-corrected chi connectivity index (χ3v) is 8.30. The molecule has 2 aromatic heterocycles. The monoisotopic (exact) mass is 710 g/mol. The molecule has 0 amide bonds. The second-order valence-corrected chi connectivity index (χ2v) is 11.4. The van der Waals surface area contributed by atoms with Crippen LogP contribution in [-0.4, -0.2) is 46.7 Å². The summed E-state index contributed by atoms with van der Waals surface area (Å²) in [5.41, 5.74) is 4.62. The van der Waals surface area contributed by atoms with Crippen molar-refractivity contribution in [3.63, 3.8) is 0 Å². The molecule has 6 aromatic carbocycles. The van der Waals surface area contributed by atoms with Gasteiger partial charge < -0.3 is 0 Å². The number of benzene rings is 6. The first-order chi connectivity index (χ1) is 26.0. The lowest BCUT2D eigenvalue weighted by atomic mass is 9.95. The van der Waals surface area contributed by atoms with E-state index in [0.29, 0.717) is 33.6 Å². The van der Waals surface area contributed by atoms with Crippen LogP contribution in [0.4, 0.5) is 17.6 Å². The van der Waals surface area contributed by atoms with Gasteiger partial charge in [0.2, 0.25) is 0 Å². The Morgan fingerprint density at radius 1 is 0.472 bits per heavy atom. The van der Waals surface area contributed by atoms with E-state index in [0.717, 1.165) is 17.4 Å². The average Bonchev–Trinajstić information content (AvgIpc) is 3.89. The zero-order valence-corrected chi connectivity index (χ0v) is 27.5. The first-order valence-electron chi connectivity index (χ1n) is 16.1. The zero-order valence-electron chi connectivity index (χ0n) is 27.5. The lowest BCUT2D eigenvalue weighted by Crippen LogP contribution is -2.03. The van der Waals surface area contributed by atoms with Crippen molar-refractivity contribution in [3.8, 4) is 56.4 Å². The molecular weight excluding hydrogens is 684 g/mol. The summed E-state index contributed by atoms with van der Waals surface area (Å²) in [5.74, 6) is -0.255. The Morgan fingerprint density at radius 3 is 1.36 bits per heavy atom. The lowest BCUT2D eigenvalue weighted by Gasteiger charge is -2.13. The maximum atomic E-state index is 14.2. The number of aromatic nitrogens is 8. The maximum Gasteiger partial charge on any atom is 0.264 e. The van der Waals surface area contributed by atoms with Crippen molar-refractivity contribution in [2.24, 2.45) is 0 Å². The molecule has 260 valence electrons. The van der Waals surface area contributed by atoms with Crippen LogP contribution in [0.25, 0.3) is 56.4 Å². The van der Waals surface area contributed by atoms with Gasteiger partial charge >= 0.3 is 0 Å². The second-order valence-electron chi connectivity index (χ2n) is 11.4. The van der Waals surface area contributed by atoms with Gasteiger partial charge in [-0.2, -0.15) is 9.36 Å². The van der Waals surface area contributed by atoms with E-state index in [4.69, 9.17) is 0 Å². The van der Waals surface area contributed by atoms with Crippen LogP contribution in [0, 0.1) is 11.6 Å². The molecule has 0 aliphatic carbocycles. The molecule has 0 saturated heterocycles. The molecule has 0 aliphatic rings. The van der Waals surface area contributed by atoms with E-state index < -0.39 is 18.1 Å². The van der Waals surface area contributed by atoms with Crippen LogP contribution in [0.5, 0.6) is 0 Å². The highest BCUT2D eigenvalue weighted by molar-refractivity contribution is 5.92. The van der Waals surface area contributed by atoms with Crippen LogP contribution in [0.15, 0.2) is 146 Å². The molecule has 0 aliphatic heterocycles. The van der Waals surface area contributed by atoms with Gasteiger partial charge in [-0.15, -0.1) is 10.2 Å². The Balaban J connectivity index is 0.000000164. The molecule has 53 heavy (non-hydrogen) atoms. The number of tetrazole rings is 2. The number of alkyl halides is 2. The van der Waals surface area contributed by atoms with Gasteiger partial charge in [-0.3, -0.25) is 4.79 Å². The molecule has 0 atom stereocenters. The van der Waals surface area contributed by atoms with E-state index in [1.807, 2.05) is 36.4 Å². The van der Waals surface area contributed by atoms with Gasteiger partial charge in [0.1, 0.15) is 23.0 Å². The van der Waals surface area contributed by atoms with E-state index in [-0.39, 0.29) is 22.8 Å². The van der Waals surface area contributed by atoms with E-state index >= 15 is 0 Å². The normalized spacial score (nSPS) is 10.9. The van der Waals surface area contributed by atoms with Gasteiger partial charge in [0, 0.05) is 22.3 Å². The fourth-order valence-electron chi connectivity index (χ4n) is 5.89. The summed E-state index contributed by atoms with van der Waals surface area (Å²) in [7, 11) is 0. The van der Waals surface area contributed by atoms with Crippen LogP contribution in [0.3, 0.4) is 0 Å². The number of carbonyl (C=O) groups is 1. The molecule has 13 heteroatoms. The molecule has 0 radical (unpaired) electrons. The van der Waals surface area contributed by atoms with Gasteiger partial charge in [0.15, 0.2) is 17.9 Å². The molecule has 0 unspecified atom stereocenters. The molecule has 0 N–H and O–H groups in total. The fourth-order valence-corrected chi connectivity index (χ4v) is 5.89. The lowest BCUT2D eigenvalue weighted by molar-refractivity contribution is 0.112. The maximum absolute atomic E-state index is 14.2. The molecule has 0 fully saturated rings. The van der Waals surface area contributed by atoms with E-state index in [9.17, 15) is 22.4 Å². The molecule has 9 nitrogen and oxygen atoms in total. The first kappa shape index (κ1) is 34.3. The molecule has 8 rings (SSSR count). The number of aldehydes is 1. The summed E-state index contributed by atoms with van der Waals surface area (Å²) in [6.07, 6.45) is -1.82. The number of para-hydroxylation sites is 2. The van der Waals surface area contributed by atoms with Crippen molar-refractivity contribution in [3.05, 3.63) is 168 Å². The van der Waals surface area contributed by atoms with Crippen molar-refractivity contribution in [2.75, 3.05) is 0 Å². The average molecular weight is 711 g/mol. The van der Waals surface area contributed by atoms with Crippen LogP contribution in [0.2, 0.25) is 0 Å². The van der Waals surface area contributed by atoms with Crippen LogP contribution < -0.4 is 0 Å². The van der Waals surface area contributed by atoms with E-state index in [1.54, 1.807) is 91.0 Å². The minimum absolute atomic E-state index is 0.0881. The van der Waals surface area contributed by atoms with Crippen molar-refractivity contribution in [1.29, 1.82) is 0 Å². The minimum Gasteiger partial charge on any atom is -0.298 e. The highest BCUT2D eigenvalue weighted by Gasteiger charge is 2.21. The second kappa shape index (κ2) is 15.4. The molecule has 0 spiro atoms. The standard InChI is InChI=1S/C20H13F3N4.C20H13FN4O/c21-17-11-5-6-12-18(17)27-20(24-25-26-27)16-10-4-2-8-14(16)13-7-1-3-9-15(13)19(22)23;21-18-11-5-6-12-19(18)25-20(22-23-24-25)17-10-4-3-9-16(17)15-8-2-1-7-14(15)13-26/h1-12,19H;1-13H. The Hall–Kier alpha value is -7.15. The number of halogens is 4. The smallest absolute Gasteiger partial charge is 0.264 e. The van der Waals surface area contributed by atoms with Crippen LogP contribution >= 0.6 is 0 Å². The van der Waals surface area contributed by atoms with E-state index in [2.05, 4.69) is 31.1 Å². The Kier molecular flexibility index (Phi) is 9.96. The number of rotatable bonds is 8. The van der Waals surface area contributed by atoms with Crippen molar-refractivity contribution in [2.45, 2.75) is 6.43 Å². The highest BCUT2D eigenvalue weighted by Crippen LogP contribution is 2.37. The number of carbonyl (C=O) groups excluding carboxylic acids is 1. The summed E-state index contributed by atoms with van der Waals surface area (Å²) in [5, 5.41) is 23.3. The van der Waals surface area contributed by atoms with Gasteiger partial charge in [-0.1, -0.05) is 121 Å². The van der Waals surface area contributed by atoms with Crippen molar-refractivity contribution < 1.29 is 22.4 Å². The topological polar surface area (TPSA) is 104 Å². The summed E-state index contributed by atoms with van der Waals surface area (Å²) in [4.78, 5) is 11.4. The predicted molar refractivity (Wildman–Crippen MR) is 190 cm³/mol. The molecule has 0 bridgehead atoms. The third kappa shape index (κ3) is 6.95. The predicted octanol–water partition coefficient (Wildman–Crippen LogP) is 9.02. The first-order valence-corrected chi connectivity index (χ1v) is 16.1. The molecular formula is C40H26F4N8O. The van der Waals surface area contributed by atoms with E-state index in [1.165, 1.54) is 27.6 Å². The van der Waals surface area contributed by atoms with Gasteiger partial charge in [0.25, 0.3) is 6.43 Å². The van der Waals surface area contributed by atoms with Gasteiger partial charge in [-0.25, -0.2) is 17.6 Å². The highest BCUT2D eigenvalue weighted by atomic mass is 19.3. The molecule has 2 heterocycles. The third-order valence-electron chi connectivity index (χ3n) is 8.30. The SMILES string of the molecule is Fc1ccccc1-n1nnnc1-c1ccccc1-c1ccccc1C(F)F.O=Cc1ccccc1-c1ccccc1-c1nnnn1-c1ccccc1F. The van der Waals surface area contributed by atoms with Crippen molar-refractivity contribution >= 4 is 6.29 Å². The number of hydrogen-bond acceptors (Lipinski definition) is 7. The summed E-state index contributed by atoms with van der Waals surface area (Å²) >= 11 is 0. The number of hydrogen-bond donors (Lipinski definition) is 0. The Bertz CT molecular complexity index is 2530. The van der Waals surface area contributed by atoms with Gasteiger partial charge in [-0.05, 0) is 67.4 Å². The van der Waals surface area contributed by atoms with Gasteiger partial charge in [0.05, 0.1) is 0 Å². The zero-order chi connectivity index (χ0) is 36.7. The summed E-state index contributed by atoms with van der Waals surface area (Å²) < 4.78 is 58.1. The molecule has 0 saturated carbocycles. The van der Waals surface area contributed by atoms with Crippen LogP contribution in [0.1, 0.15) is 22.3 Å². The summed E-state index contributed by atoms with van der Waals surface area (Å²) in [6.45, 7) is 0.